The minimum Gasteiger partial charge on any atom is -0.267 e. The molecular weight excluding hydrogens is 236 g/mol. The maximum absolute atomic E-state index is 11.5. The van der Waals surface area contributed by atoms with Gasteiger partial charge in [0.1, 0.15) is 0 Å². The van der Waals surface area contributed by atoms with Crippen molar-refractivity contribution in [2.75, 3.05) is 0 Å². The fourth-order valence-electron chi connectivity index (χ4n) is 0.988. The normalized spacial score (nSPS) is 19.8. The van der Waals surface area contributed by atoms with Gasteiger partial charge in [-0.25, -0.2) is 10.9 Å². The Hall–Kier alpha value is -0.690. The summed E-state index contributed by atoms with van der Waals surface area (Å²) in [5.41, 5.74) is 1.00. The zero-order valence-corrected chi connectivity index (χ0v) is 9.42. The number of hydrazine groups is 1. The van der Waals surface area contributed by atoms with Crippen LogP contribution in [0.2, 0.25) is 0 Å². The Morgan fingerprint density at radius 3 is 2.86 bits per heavy atom. The van der Waals surface area contributed by atoms with Gasteiger partial charge in [-0.05, 0) is 28.5 Å². The van der Waals surface area contributed by atoms with Crippen LogP contribution >= 0.6 is 35.3 Å². The molecule has 1 aliphatic heterocycles. The molecule has 0 spiro atoms. The van der Waals surface area contributed by atoms with Crippen LogP contribution < -0.4 is 5.84 Å². The third-order valence-electron chi connectivity index (χ3n) is 1.66. The fourth-order valence-corrected chi connectivity index (χ4v) is 2.71. The van der Waals surface area contributed by atoms with Gasteiger partial charge in [0.25, 0.3) is 5.91 Å². The number of hydrogen-bond acceptors (Lipinski definition) is 5. The Kier molecular flexibility index (Phi) is 2.69. The van der Waals surface area contributed by atoms with E-state index >= 15 is 0 Å². The summed E-state index contributed by atoms with van der Waals surface area (Å²) in [5, 5.41) is 4.91. The highest BCUT2D eigenvalue weighted by Gasteiger charge is 2.29. The summed E-state index contributed by atoms with van der Waals surface area (Å²) in [6.07, 6.45) is 1.79. The van der Waals surface area contributed by atoms with E-state index in [-0.39, 0.29) is 5.91 Å². The van der Waals surface area contributed by atoms with E-state index < -0.39 is 0 Å². The standard InChI is InChI=1S/C8H6N2OS3/c9-10-7(11)6(14-8(10)12)3-5-1-2-13-4-5/h1-4H,9H2. The molecule has 0 unspecified atom stereocenters. The van der Waals surface area contributed by atoms with Crippen molar-refractivity contribution in [2.24, 2.45) is 5.84 Å². The average Bonchev–Trinajstić information content (AvgIpc) is 2.73. The lowest BCUT2D eigenvalue weighted by molar-refractivity contribution is -0.122. The number of hydrogen-bond donors (Lipinski definition) is 1. The third kappa shape index (κ3) is 1.74. The first kappa shape index (κ1) is 9.85. The number of carbonyl (C=O) groups excluding carboxylic acids is 1. The summed E-state index contributed by atoms with van der Waals surface area (Å²) >= 11 is 7.71. The maximum atomic E-state index is 11.5. The van der Waals surface area contributed by atoms with Gasteiger partial charge < -0.3 is 0 Å². The first-order chi connectivity index (χ1) is 6.68. The lowest BCUT2D eigenvalue weighted by atomic mass is 10.3. The molecule has 6 heteroatoms. The highest BCUT2D eigenvalue weighted by atomic mass is 32.2. The topological polar surface area (TPSA) is 46.3 Å². The van der Waals surface area contributed by atoms with Crippen molar-refractivity contribution in [3.63, 3.8) is 0 Å². The van der Waals surface area contributed by atoms with Crippen molar-refractivity contribution in [1.29, 1.82) is 0 Å². The van der Waals surface area contributed by atoms with Crippen LogP contribution in [0.5, 0.6) is 0 Å². The van der Waals surface area contributed by atoms with E-state index in [0.29, 0.717) is 9.23 Å². The van der Waals surface area contributed by atoms with Crippen molar-refractivity contribution < 1.29 is 4.79 Å². The number of thiocarbonyl (C=S) groups is 1. The zero-order valence-electron chi connectivity index (χ0n) is 6.97. The first-order valence-electron chi connectivity index (χ1n) is 3.73. The summed E-state index contributed by atoms with van der Waals surface area (Å²) in [5.74, 6) is 5.19. The second-order valence-corrected chi connectivity index (χ2v) is 5.06. The highest BCUT2D eigenvalue weighted by Crippen LogP contribution is 2.30. The molecule has 1 saturated heterocycles. The van der Waals surface area contributed by atoms with Gasteiger partial charge in [-0.3, -0.25) is 4.79 Å². The Morgan fingerprint density at radius 1 is 1.57 bits per heavy atom. The minimum atomic E-state index is -0.230. The molecule has 0 saturated carbocycles. The van der Waals surface area contributed by atoms with Crippen molar-refractivity contribution in [2.45, 2.75) is 0 Å². The van der Waals surface area contributed by atoms with E-state index in [4.69, 9.17) is 18.1 Å². The molecule has 1 aliphatic rings. The Labute approximate surface area is 94.5 Å². The lowest BCUT2D eigenvalue weighted by Gasteiger charge is -2.02. The van der Waals surface area contributed by atoms with Crippen LogP contribution in [0, 0.1) is 0 Å². The third-order valence-corrected chi connectivity index (χ3v) is 3.70. The van der Waals surface area contributed by atoms with Crippen LogP contribution in [0.25, 0.3) is 6.08 Å². The molecule has 72 valence electrons. The second kappa shape index (κ2) is 3.82. The molecule has 1 aromatic rings. The van der Waals surface area contributed by atoms with E-state index in [0.717, 1.165) is 10.6 Å². The number of carbonyl (C=O) groups is 1. The first-order valence-corrected chi connectivity index (χ1v) is 5.90. The van der Waals surface area contributed by atoms with Crippen LogP contribution in [0.15, 0.2) is 21.7 Å². The molecule has 0 aromatic carbocycles. The van der Waals surface area contributed by atoms with Gasteiger partial charge in [-0.1, -0.05) is 24.0 Å². The Bertz CT molecular complexity index is 410. The molecule has 3 nitrogen and oxygen atoms in total. The molecule has 0 aliphatic carbocycles. The van der Waals surface area contributed by atoms with Crippen LogP contribution in [-0.2, 0) is 4.79 Å². The number of nitrogens with two attached hydrogens (primary N) is 1. The predicted octanol–water partition coefficient (Wildman–Crippen LogP) is 1.82. The van der Waals surface area contributed by atoms with Gasteiger partial charge in [0.2, 0.25) is 0 Å². The molecule has 1 aromatic heterocycles. The summed E-state index contributed by atoms with van der Waals surface area (Å²) in [7, 11) is 0. The summed E-state index contributed by atoms with van der Waals surface area (Å²) < 4.78 is 0.400. The largest absolute Gasteiger partial charge is 0.280 e. The Balaban J connectivity index is 2.29. The van der Waals surface area contributed by atoms with Gasteiger partial charge in [-0.2, -0.15) is 11.3 Å². The van der Waals surface area contributed by atoms with Gasteiger partial charge >= 0.3 is 0 Å². The quantitative estimate of drug-likeness (QED) is 0.353. The molecule has 2 heterocycles. The van der Waals surface area contributed by atoms with E-state index in [1.807, 2.05) is 16.8 Å². The van der Waals surface area contributed by atoms with Crippen LogP contribution in [-0.4, -0.2) is 15.2 Å². The minimum absolute atomic E-state index is 0.230. The van der Waals surface area contributed by atoms with Gasteiger partial charge in [0.05, 0.1) is 4.91 Å². The van der Waals surface area contributed by atoms with Crippen molar-refractivity contribution >= 4 is 51.6 Å². The molecule has 0 atom stereocenters. The number of thiophene rings is 1. The summed E-state index contributed by atoms with van der Waals surface area (Å²) in [6, 6.07) is 1.94. The number of rotatable bonds is 1. The SMILES string of the molecule is NN1C(=O)C(=Cc2ccsc2)SC1=S. The monoisotopic (exact) mass is 242 g/mol. The number of amides is 1. The molecule has 1 fully saturated rings. The zero-order chi connectivity index (χ0) is 10.1. The van der Waals surface area contributed by atoms with Crippen molar-refractivity contribution in [1.82, 2.24) is 5.01 Å². The molecule has 0 bridgehead atoms. The van der Waals surface area contributed by atoms with Crippen LogP contribution in [0.4, 0.5) is 0 Å². The van der Waals surface area contributed by atoms with Crippen molar-refractivity contribution in [3.05, 3.63) is 27.3 Å². The molecule has 1 amide bonds. The average molecular weight is 242 g/mol. The summed E-state index contributed by atoms with van der Waals surface area (Å²) in [6.45, 7) is 0. The molecule has 14 heavy (non-hydrogen) atoms. The molecular formula is C8H6N2OS3. The van der Waals surface area contributed by atoms with Crippen molar-refractivity contribution in [3.8, 4) is 0 Å². The van der Waals surface area contributed by atoms with Gasteiger partial charge in [0.15, 0.2) is 4.32 Å². The fraction of sp³-hybridized carbons (Fsp3) is 0. The molecule has 0 radical (unpaired) electrons. The van der Waals surface area contributed by atoms with E-state index in [1.165, 1.54) is 11.8 Å². The molecule has 2 N–H and O–H groups in total. The van der Waals surface area contributed by atoms with Crippen LogP contribution in [0.3, 0.4) is 0 Å². The lowest BCUT2D eigenvalue weighted by Crippen LogP contribution is -2.34. The Morgan fingerprint density at radius 2 is 2.36 bits per heavy atom. The summed E-state index contributed by atoms with van der Waals surface area (Å²) in [4.78, 5) is 12.0. The number of thioether (sulfide) groups is 1. The van der Waals surface area contributed by atoms with Gasteiger partial charge in [0, 0.05) is 0 Å². The smallest absolute Gasteiger partial charge is 0.267 e. The van der Waals surface area contributed by atoms with E-state index in [9.17, 15) is 4.79 Å². The van der Waals surface area contributed by atoms with Crippen LogP contribution in [0.1, 0.15) is 5.56 Å². The molecule has 2 rings (SSSR count). The second-order valence-electron chi connectivity index (χ2n) is 2.61. The van der Waals surface area contributed by atoms with Gasteiger partial charge in [-0.15, -0.1) is 0 Å². The maximum Gasteiger partial charge on any atom is 0.280 e. The highest BCUT2D eigenvalue weighted by molar-refractivity contribution is 8.26. The number of nitrogens with zero attached hydrogens (tertiary/aromatic N) is 1. The van der Waals surface area contributed by atoms with E-state index in [2.05, 4.69) is 0 Å². The predicted molar refractivity (Wildman–Crippen MR) is 63.5 cm³/mol. The van der Waals surface area contributed by atoms with E-state index in [1.54, 1.807) is 17.4 Å².